The average Bonchev–Trinajstić information content (AvgIpc) is 3.21. The molecule has 8 heteroatoms. The highest BCUT2D eigenvalue weighted by atomic mass is 79.9. The Labute approximate surface area is 182 Å². The van der Waals surface area contributed by atoms with Crippen molar-refractivity contribution < 1.29 is 18.4 Å². The van der Waals surface area contributed by atoms with Crippen molar-refractivity contribution in [2.45, 2.75) is 44.4 Å². The van der Waals surface area contributed by atoms with Crippen molar-refractivity contribution in [2.24, 2.45) is 29.1 Å². The largest absolute Gasteiger partial charge is 0.352 e. The Balaban J connectivity index is 1.32. The molecule has 1 spiro atoms. The summed E-state index contributed by atoms with van der Waals surface area (Å²) in [6.07, 6.45) is 2.93. The SMILES string of the molecule is O=C(NCc1ccc(Br)cc1F)C1C(C(=O)N[C@@H]2CNC[C@H]2F)C2CCC1C21CC1. The van der Waals surface area contributed by atoms with Gasteiger partial charge in [0.2, 0.25) is 11.8 Å². The number of carbonyl (C=O) groups is 2. The highest BCUT2D eigenvalue weighted by Gasteiger charge is 2.71. The number of alkyl halides is 1. The van der Waals surface area contributed by atoms with Gasteiger partial charge in [-0.1, -0.05) is 22.0 Å². The molecule has 6 atom stereocenters. The van der Waals surface area contributed by atoms with Gasteiger partial charge >= 0.3 is 0 Å². The van der Waals surface area contributed by atoms with Crippen LogP contribution in [0, 0.1) is 34.9 Å². The highest BCUT2D eigenvalue weighted by molar-refractivity contribution is 9.10. The van der Waals surface area contributed by atoms with Gasteiger partial charge in [0.1, 0.15) is 12.0 Å². The van der Waals surface area contributed by atoms with Gasteiger partial charge < -0.3 is 16.0 Å². The van der Waals surface area contributed by atoms with Crippen LogP contribution < -0.4 is 16.0 Å². The van der Waals surface area contributed by atoms with E-state index in [4.69, 9.17) is 0 Å². The first-order chi connectivity index (χ1) is 14.4. The van der Waals surface area contributed by atoms with Crippen molar-refractivity contribution in [3.8, 4) is 0 Å². The molecular formula is C22H26BrF2N3O2. The van der Waals surface area contributed by atoms with Gasteiger partial charge in [-0.05, 0) is 55.1 Å². The van der Waals surface area contributed by atoms with E-state index in [0.29, 0.717) is 16.6 Å². The molecule has 0 aromatic heterocycles. The molecule has 4 aliphatic rings. The zero-order chi connectivity index (χ0) is 21.0. The molecule has 5 rings (SSSR count). The second-order valence-electron chi connectivity index (χ2n) is 9.32. The fourth-order valence-electron chi connectivity index (χ4n) is 6.39. The average molecular weight is 482 g/mol. The van der Waals surface area contributed by atoms with Crippen LogP contribution in [0.4, 0.5) is 8.78 Å². The van der Waals surface area contributed by atoms with Crippen LogP contribution in [0.15, 0.2) is 22.7 Å². The van der Waals surface area contributed by atoms with Gasteiger partial charge in [-0.25, -0.2) is 8.78 Å². The minimum atomic E-state index is -1.10. The van der Waals surface area contributed by atoms with Crippen LogP contribution in [0.3, 0.4) is 0 Å². The van der Waals surface area contributed by atoms with Gasteiger partial charge in [-0.2, -0.15) is 0 Å². The Morgan fingerprint density at radius 2 is 1.83 bits per heavy atom. The van der Waals surface area contributed by atoms with Crippen LogP contribution in [-0.2, 0) is 16.1 Å². The van der Waals surface area contributed by atoms with E-state index in [0.717, 1.165) is 25.7 Å². The number of carbonyl (C=O) groups excluding carboxylic acids is 2. The number of nitrogens with one attached hydrogen (secondary N) is 3. The maximum absolute atomic E-state index is 14.1. The number of amides is 2. The van der Waals surface area contributed by atoms with Crippen molar-refractivity contribution in [3.63, 3.8) is 0 Å². The first-order valence-corrected chi connectivity index (χ1v) is 11.6. The van der Waals surface area contributed by atoms with E-state index in [-0.39, 0.29) is 48.0 Å². The lowest BCUT2D eigenvalue weighted by atomic mass is 9.78. The van der Waals surface area contributed by atoms with Crippen molar-refractivity contribution in [1.82, 2.24) is 16.0 Å². The number of benzene rings is 1. The summed E-state index contributed by atoms with van der Waals surface area (Å²) in [6.45, 7) is 0.749. The van der Waals surface area contributed by atoms with E-state index >= 15 is 0 Å². The van der Waals surface area contributed by atoms with Gasteiger partial charge in [0, 0.05) is 29.7 Å². The molecular weight excluding hydrogens is 456 g/mol. The molecule has 2 amide bonds. The van der Waals surface area contributed by atoms with Crippen LogP contribution in [0.1, 0.15) is 31.2 Å². The Morgan fingerprint density at radius 1 is 1.13 bits per heavy atom. The molecule has 5 nitrogen and oxygen atoms in total. The van der Waals surface area contributed by atoms with E-state index in [9.17, 15) is 18.4 Å². The zero-order valence-corrected chi connectivity index (χ0v) is 18.2. The second-order valence-corrected chi connectivity index (χ2v) is 10.2. The zero-order valence-electron chi connectivity index (χ0n) is 16.6. The molecule has 3 aliphatic carbocycles. The number of hydrogen-bond donors (Lipinski definition) is 3. The summed E-state index contributed by atoms with van der Waals surface area (Å²) in [7, 11) is 0. The van der Waals surface area contributed by atoms with Gasteiger partial charge in [0.25, 0.3) is 0 Å². The van der Waals surface area contributed by atoms with Crippen molar-refractivity contribution in [2.75, 3.05) is 13.1 Å². The molecule has 3 N–H and O–H groups in total. The van der Waals surface area contributed by atoms with Crippen molar-refractivity contribution in [1.29, 1.82) is 0 Å². The van der Waals surface area contributed by atoms with E-state index in [1.165, 1.54) is 6.07 Å². The first kappa shape index (κ1) is 20.4. The topological polar surface area (TPSA) is 70.2 Å². The maximum Gasteiger partial charge on any atom is 0.224 e. The van der Waals surface area contributed by atoms with Crippen LogP contribution >= 0.6 is 15.9 Å². The quantitative estimate of drug-likeness (QED) is 0.605. The Kier molecular flexibility index (Phi) is 5.13. The van der Waals surface area contributed by atoms with Crippen LogP contribution in [0.5, 0.6) is 0 Å². The van der Waals surface area contributed by atoms with E-state index in [1.54, 1.807) is 12.1 Å². The molecule has 1 aliphatic heterocycles. The Hall–Kier alpha value is -1.54. The van der Waals surface area contributed by atoms with Crippen LogP contribution in [0.2, 0.25) is 0 Å². The molecule has 1 aromatic rings. The van der Waals surface area contributed by atoms with Crippen LogP contribution in [0.25, 0.3) is 0 Å². The van der Waals surface area contributed by atoms with E-state index < -0.39 is 24.0 Å². The lowest BCUT2D eigenvalue weighted by Crippen LogP contribution is -2.49. The molecule has 1 saturated heterocycles. The summed E-state index contributed by atoms with van der Waals surface area (Å²) in [6, 6.07) is 4.21. The number of halogens is 3. The number of rotatable bonds is 5. The van der Waals surface area contributed by atoms with Gasteiger partial charge in [-0.3, -0.25) is 9.59 Å². The number of hydrogen-bond acceptors (Lipinski definition) is 3. The summed E-state index contributed by atoms with van der Waals surface area (Å²) in [4.78, 5) is 26.4. The molecule has 30 heavy (non-hydrogen) atoms. The fraction of sp³-hybridized carbons (Fsp3) is 0.636. The van der Waals surface area contributed by atoms with Gasteiger partial charge in [-0.15, -0.1) is 0 Å². The molecule has 4 unspecified atom stereocenters. The van der Waals surface area contributed by atoms with Crippen molar-refractivity contribution in [3.05, 3.63) is 34.1 Å². The molecule has 1 aromatic carbocycles. The smallest absolute Gasteiger partial charge is 0.224 e. The normalized spacial score (nSPS) is 35.6. The van der Waals surface area contributed by atoms with E-state index in [1.807, 2.05) is 0 Å². The van der Waals surface area contributed by atoms with Crippen molar-refractivity contribution >= 4 is 27.7 Å². The Morgan fingerprint density at radius 3 is 2.43 bits per heavy atom. The van der Waals surface area contributed by atoms with Crippen LogP contribution in [-0.4, -0.2) is 37.1 Å². The molecule has 3 saturated carbocycles. The minimum Gasteiger partial charge on any atom is -0.352 e. The Bertz CT molecular complexity index is 878. The monoisotopic (exact) mass is 481 g/mol. The summed E-state index contributed by atoms with van der Waals surface area (Å²) in [5.41, 5.74) is 0.518. The molecule has 2 bridgehead atoms. The highest BCUT2D eigenvalue weighted by Crippen LogP contribution is 2.74. The maximum atomic E-state index is 14.1. The lowest BCUT2D eigenvalue weighted by Gasteiger charge is -2.30. The molecule has 1 heterocycles. The third-order valence-electron chi connectivity index (χ3n) is 7.89. The van der Waals surface area contributed by atoms with Gasteiger partial charge in [0.15, 0.2) is 0 Å². The molecule has 4 fully saturated rings. The minimum absolute atomic E-state index is 0.0896. The predicted molar refractivity (Wildman–Crippen MR) is 111 cm³/mol. The fourth-order valence-corrected chi connectivity index (χ4v) is 6.73. The lowest BCUT2D eigenvalue weighted by molar-refractivity contribution is -0.137. The summed E-state index contributed by atoms with van der Waals surface area (Å²) >= 11 is 3.23. The summed E-state index contributed by atoms with van der Waals surface area (Å²) < 4.78 is 28.8. The third-order valence-corrected chi connectivity index (χ3v) is 8.38. The first-order valence-electron chi connectivity index (χ1n) is 10.8. The molecule has 162 valence electrons. The summed E-state index contributed by atoms with van der Waals surface area (Å²) in [5, 5.41) is 8.71. The van der Waals surface area contributed by atoms with Gasteiger partial charge in [0.05, 0.1) is 17.9 Å². The second kappa shape index (κ2) is 7.55. The third kappa shape index (κ3) is 3.27. The van der Waals surface area contributed by atoms with E-state index in [2.05, 4.69) is 31.9 Å². The molecule has 0 radical (unpaired) electrons. The predicted octanol–water partition coefficient (Wildman–Crippen LogP) is 2.68. The standard InChI is InChI=1S/C22H26BrF2N3O2/c23-12-2-1-11(15(24)7-12)8-27-20(29)18-13-3-4-14(22(13)5-6-22)19(18)21(30)28-17-10-26-9-16(17)25/h1-2,7,13-14,16-19,26H,3-6,8-10H2,(H,27,29)(H,28,30)/t13?,14?,16-,17-,18?,19?/m1/s1. The summed E-state index contributed by atoms with van der Waals surface area (Å²) in [5.74, 6) is -1.22.